The lowest BCUT2D eigenvalue weighted by Crippen LogP contribution is -2.29. The van der Waals surface area contributed by atoms with Gasteiger partial charge in [-0.2, -0.15) is 0 Å². The van der Waals surface area contributed by atoms with Crippen LogP contribution in [0.2, 0.25) is 5.02 Å². The van der Waals surface area contributed by atoms with Crippen molar-refractivity contribution in [3.8, 4) is 0 Å². The first kappa shape index (κ1) is 19.3. The van der Waals surface area contributed by atoms with Crippen molar-refractivity contribution in [2.45, 2.75) is 39.5 Å². The van der Waals surface area contributed by atoms with Crippen LogP contribution in [-0.2, 0) is 19.6 Å². The van der Waals surface area contributed by atoms with Crippen molar-refractivity contribution in [1.82, 2.24) is 10.2 Å². The van der Waals surface area contributed by atoms with Gasteiger partial charge in [0.15, 0.2) is 5.76 Å². The second kappa shape index (κ2) is 8.93. The van der Waals surface area contributed by atoms with E-state index in [4.69, 9.17) is 20.4 Å². The van der Waals surface area contributed by atoms with E-state index in [0.717, 1.165) is 16.3 Å². The summed E-state index contributed by atoms with van der Waals surface area (Å²) < 4.78 is 11.0. The fourth-order valence-electron chi connectivity index (χ4n) is 2.72. The van der Waals surface area contributed by atoms with Gasteiger partial charge in [0.2, 0.25) is 0 Å². The van der Waals surface area contributed by atoms with Gasteiger partial charge in [-0.1, -0.05) is 29.8 Å². The van der Waals surface area contributed by atoms with Crippen molar-refractivity contribution in [2.75, 3.05) is 0 Å². The molecular formula is C21H23ClN2O3. The molecule has 1 N–H and O–H groups in total. The zero-order valence-electron chi connectivity index (χ0n) is 15.4. The highest BCUT2D eigenvalue weighted by Gasteiger charge is 2.17. The first-order valence-corrected chi connectivity index (χ1v) is 9.27. The van der Waals surface area contributed by atoms with Gasteiger partial charge < -0.3 is 14.2 Å². The fraction of sp³-hybridized carbons (Fsp3) is 0.286. The third-order valence-corrected chi connectivity index (χ3v) is 4.68. The van der Waals surface area contributed by atoms with E-state index in [1.807, 2.05) is 36.4 Å². The molecule has 0 unspecified atom stereocenters. The minimum atomic E-state index is -0.264. The molecule has 2 aromatic heterocycles. The highest BCUT2D eigenvalue weighted by molar-refractivity contribution is 6.31. The maximum Gasteiger partial charge on any atom is 0.287 e. The van der Waals surface area contributed by atoms with E-state index in [-0.39, 0.29) is 11.7 Å². The Balaban J connectivity index is 1.62. The third-order valence-electron chi connectivity index (χ3n) is 4.31. The summed E-state index contributed by atoms with van der Waals surface area (Å²) in [6.45, 7) is 5.87. The van der Waals surface area contributed by atoms with Crippen LogP contribution in [0, 0.1) is 0 Å². The summed E-state index contributed by atoms with van der Waals surface area (Å²) in [5, 5.41) is 3.53. The topological polar surface area (TPSA) is 58.6 Å². The maximum atomic E-state index is 12.2. The second-order valence-corrected chi connectivity index (χ2v) is 7.03. The van der Waals surface area contributed by atoms with Crippen LogP contribution in [-0.4, -0.2) is 16.8 Å². The van der Waals surface area contributed by atoms with Crippen LogP contribution in [0.1, 0.15) is 41.5 Å². The number of benzene rings is 1. The molecule has 0 aliphatic heterocycles. The number of nitrogens with zero attached hydrogens (tertiary/aromatic N) is 1. The lowest BCUT2D eigenvalue weighted by atomic mass is 10.2. The van der Waals surface area contributed by atoms with Crippen LogP contribution in [0.4, 0.5) is 0 Å². The molecule has 3 rings (SSSR count). The molecule has 0 fully saturated rings. The van der Waals surface area contributed by atoms with Crippen LogP contribution >= 0.6 is 11.6 Å². The molecule has 0 spiro atoms. The van der Waals surface area contributed by atoms with Crippen LogP contribution < -0.4 is 5.32 Å². The minimum absolute atomic E-state index is 0.264. The standard InChI is InChI=1S/C21H23ClN2O3/c1-15(2)24(13-16-6-3-4-8-19(16)22)14-18-9-10-20(27-18)21(25)23-12-17-7-5-11-26-17/h3-11,15H,12-14H2,1-2H3,(H,23,25). The number of carbonyl (C=O) groups excluding carboxylic acids is 1. The minimum Gasteiger partial charge on any atom is -0.467 e. The monoisotopic (exact) mass is 386 g/mol. The average Bonchev–Trinajstić information content (AvgIpc) is 3.32. The van der Waals surface area contributed by atoms with Gasteiger partial charge in [0, 0.05) is 17.6 Å². The summed E-state index contributed by atoms with van der Waals surface area (Å²) in [5.41, 5.74) is 1.07. The lowest BCUT2D eigenvalue weighted by Gasteiger charge is -2.26. The second-order valence-electron chi connectivity index (χ2n) is 6.62. The van der Waals surface area contributed by atoms with Crippen LogP contribution in [0.15, 0.2) is 63.6 Å². The van der Waals surface area contributed by atoms with E-state index in [1.54, 1.807) is 18.4 Å². The molecule has 27 heavy (non-hydrogen) atoms. The van der Waals surface area contributed by atoms with Crippen LogP contribution in [0.3, 0.4) is 0 Å². The Morgan fingerprint density at radius 3 is 2.59 bits per heavy atom. The van der Waals surface area contributed by atoms with Crippen molar-refractivity contribution in [3.05, 3.63) is 82.7 Å². The van der Waals surface area contributed by atoms with Gasteiger partial charge in [0.25, 0.3) is 5.91 Å². The SMILES string of the molecule is CC(C)N(Cc1ccc(C(=O)NCc2ccco2)o1)Cc1ccccc1Cl. The van der Waals surface area contributed by atoms with Crippen molar-refractivity contribution in [3.63, 3.8) is 0 Å². The van der Waals surface area contributed by atoms with E-state index in [0.29, 0.717) is 31.4 Å². The smallest absolute Gasteiger partial charge is 0.287 e. The van der Waals surface area contributed by atoms with Crippen LogP contribution in [0.5, 0.6) is 0 Å². The molecule has 0 aliphatic carbocycles. The van der Waals surface area contributed by atoms with Gasteiger partial charge in [0.05, 0.1) is 19.4 Å². The summed E-state index contributed by atoms with van der Waals surface area (Å²) in [4.78, 5) is 14.5. The molecule has 0 radical (unpaired) electrons. The third kappa shape index (κ3) is 5.25. The molecule has 0 atom stereocenters. The van der Waals surface area contributed by atoms with Gasteiger partial charge in [0.1, 0.15) is 11.5 Å². The molecule has 3 aromatic rings. The number of carbonyl (C=O) groups is 1. The molecule has 5 nitrogen and oxygen atoms in total. The van der Waals surface area contributed by atoms with Gasteiger partial charge in [-0.05, 0) is 49.7 Å². The van der Waals surface area contributed by atoms with E-state index in [9.17, 15) is 4.79 Å². The summed E-state index contributed by atoms with van der Waals surface area (Å²) in [7, 11) is 0. The number of rotatable bonds is 8. The normalized spacial score (nSPS) is 11.3. The number of halogens is 1. The first-order chi connectivity index (χ1) is 13.0. The number of furan rings is 2. The van der Waals surface area contributed by atoms with Crippen molar-refractivity contribution < 1.29 is 13.6 Å². The Hall–Kier alpha value is -2.50. The number of hydrogen-bond acceptors (Lipinski definition) is 4. The van der Waals surface area contributed by atoms with E-state index >= 15 is 0 Å². The molecule has 0 bridgehead atoms. The van der Waals surface area contributed by atoms with Gasteiger partial charge >= 0.3 is 0 Å². The quantitative estimate of drug-likeness (QED) is 0.600. The van der Waals surface area contributed by atoms with Gasteiger partial charge in [-0.25, -0.2) is 0 Å². The van der Waals surface area contributed by atoms with E-state index in [1.165, 1.54) is 0 Å². The maximum absolute atomic E-state index is 12.2. The average molecular weight is 387 g/mol. The molecule has 1 amide bonds. The van der Waals surface area contributed by atoms with Crippen molar-refractivity contribution >= 4 is 17.5 Å². The number of nitrogens with one attached hydrogen (secondary N) is 1. The zero-order valence-corrected chi connectivity index (χ0v) is 16.2. The Labute approximate surface area is 163 Å². The lowest BCUT2D eigenvalue weighted by molar-refractivity contribution is 0.0915. The molecule has 6 heteroatoms. The molecule has 2 heterocycles. The summed E-state index contributed by atoms with van der Waals surface area (Å²) >= 11 is 6.29. The molecular weight excluding hydrogens is 364 g/mol. The van der Waals surface area contributed by atoms with E-state index < -0.39 is 0 Å². The summed E-state index contributed by atoms with van der Waals surface area (Å²) in [5.74, 6) is 1.46. The molecule has 0 saturated carbocycles. The highest BCUT2D eigenvalue weighted by atomic mass is 35.5. The number of hydrogen-bond donors (Lipinski definition) is 1. The Bertz CT molecular complexity index is 871. The van der Waals surface area contributed by atoms with Crippen LogP contribution in [0.25, 0.3) is 0 Å². The zero-order chi connectivity index (χ0) is 19.2. The predicted molar refractivity (Wildman–Crippen MR) is 104 cm³/mol. The Kier molecular flexibility index (Phi) is 6.37. The van der Waals surface area contributed by atoms with Crippen molar-refractivity contribution in [2.24, 2.45) is 0 Å². The molecule has 142 valence electrons. The highest BCUT2D eigenvalue weighted by Crippen LogP contribution is 2.20. The summed E-state index contributed by atoms with van der Waals surface area (Å²) in [6.07, 6.45) is 1.58. The fourth-order valence-corrected chi connectivity index (χ4v) is 2.91. The Morgan fingerprint density at radius 1 is 1.07 bits per heavy atom. The predicted octanol–water partition coefficient (Wildman–Crippen LogP) is 4.87. The summed E-state index contributed by atoms with van der Waals surface area (Å²) in [6, 6.07) is 15.2. The van der Waals surface area contributed by atoms with Gasteiger partial charge in [-0.15, -0.1) is 0 Å². The molecule has 0 aliphatic rings. The van der Waals surface area contributed by atoms with Gasteiger partial charge in [-0.3, -0.25) is 9.69 Å². The number of amides is 1. The molecule has 1 aromatic carbocycles. The molecule has 0 saturated heterocycles. The largest absolute Gasteiger partial charge is 0.467 e. The Morgan fingerprint density at radius 2 is 1.89 bits per heavy atom. The van der Waals surface area contributed by atoms with Crippen molar-refractivity contribution in [1.29, 1.82) is 0 Å². The van der Waals surface area contributed by atoms with E-state index in [2.05, 4.69) is 24.1 Å². The first-order valence-electron chi connectivity index (χ1n) is 8.89.